The van der Waals surface area contributed by atoms with Gasteiger partial charge in [-0.05, 0) is 25.0 Å². The maximum absolute atomic E-state index is 9.46. The molecule has 0 aliphatic carbocycles. The largest absolute Gasteiger partial charge is 0.370 e. The molecule has 1 aliphatic heterocycles. The van der Waals surface area contributed by atoms with Gasteiger partial charge < -0.3 is 9.64 Å². The molecule has 1 saturated heterocycles. The molecule has 0 spiro atoms. The van der Waals surface area contributed by atoms with Gasteiger partial charge in [0.2, 0.25) is 0 Å². The first-order valence-corrected chi connectivity index (χ1v) is 7.36. The number of benzene rings is 1. The highest BCUT2D eigenvalue weighted by Gasteiger charge is 2.25. The van der Waals surface area contributed by atoms with Crippen LogP contribution in [0.15, 0.2) is 30.3 Å². The molecule has 0 bridgehead atoms. The molecule has 1 aliphatic rings. The lowest BCUT2D eigenvalue weighted by atomic mass is 10.1. The maximum Gasteiger partial charge on any atom is 0.169 e. The molecule has 3 rings (SSSR count). The summed E-state index contributed by atoms with van der Waals surface area (Å²) in [7, 11) is 0. The van der Waals surface area contributed by atoms with Crippen molar-refractivity contribution in [1.82, 2.24) is 10.2 Å². The van der Waals surface area contributed by atoms with E-state index in [-0.39, 0.29) is 6.10 Å². The average Bonchev–Trinajstić information content (AvgIpc) is 2.58. The number of hydrogen-bond donors (Lipinski definition) is 0. The van der Waals surface area contributed by atoms with Gasteiger partial charge in [-0.25, -0.2) is 0 Å². The van der Waals surface area contributed by atoms with Gasteiger partial charge in [0.15, 0.2) is 5.82 Å². The van der Waals surface area contributed by atoms with Crippen molar-refractivity contribution in [3.8, 4) is 6.07 Å². The number of rotatable bonds is 2. The number of aromatic nitrogens is 2. The van der Waals surface area contributed by atoms with Gasteiger partial charge in [-0.15, -0.1) is 5.10 Å². The second-order valence-electron chi connectivity index (χ2n) is 5.44. The van der Waals surface area contributed by atoms with Crippen LogP contribution in [0.1, 0.15) is 28.5 Å². The molecule has 5 heteroatoms. The molecule has 0 unspecified atom stereocenters. The Kier molecular flexibility index (Phi) is 4.03. The lowest BCUT2D eigenvalue weighted by Gasteiger charge is -2.34. The van der Waals surface area contributed by atoms with E-state index in [1.54, 1.807) is 0 Å². The highest BCUT2D eigenvalue weighted by atomic mass is 16.5. The van der Waals surface area contributed by atoms with E-state index in [0.29, 0.717) is 24.5 Å². The smallest absolute Gasteiger partial charge is 0.169 e. The summed E-state index contributed by atoms with van der Waals surface area (Å²) in [4.78, 5) is 2.10. The van der Waals surface area contributed by atoms with Crippen LogP contribution in [0.2, 0.25) is 0 Å². The third kappa shape index (κ3) is 2.66. The zero-order valence-corrected chi connectivity index (χ0v) is 12.8. The van der Waals surface area contributed by atoms with Gasteiger partial charge in [-0.3, -0.25) is 0 Å². The third-order valence-corrected chi connectivity index (χ3v) is 4.09. The van der Waals surface area contributed by atoms with Crippen molar-refractivity contribution in [1.29, 1.82) is 5.26 Å². The van der Waals surface area contributed by atoms with Crippen LogP contribution < -0.4 is 4.90 Å². The summed E-state index contributed by atoms with van der Waals surface area (Å²) in [6.07, 6.45) is -0.00935. The minimum Gasteiger partial charge on any atom is -0.370 e. The first-order chi connectivity index (χ1) is 10.7. The molecular formula is C17H18N4O. The Morgan fingerprint density at radius 2 is 2.00 bits per heavy atom. The van der Waals surface area contributed by atoms with Crippen molar-refractivity contribution in [2.75, 3.05) is 24.6 Å². The zero-order valence-electron chi connectivity index (χ0n) is 12.8. The number of morpholine rings is 1. The van der Waals surface area contributed by atoms with Gasteiger partial charge in [-0.1, -0.05) is 30.3 Å². The molecule has 1 aromatic heterocycles. The van der Waals surface area contributed by atoms with Crippen LogP contribution in [0.5, 0.6) is 0 Å². The van der Waals surface area contributed by atoms with Crippen molar-refractivity contribution in [3.63, 3.8) is 0 Å². The minimum absolute atomic E-state index is 0.00935. The standard InChI is InChI=1S/C17H18N4O/c1-12-13(2)19-20-17(15(12)10-18)21-8-9-22-16(11-21)14-6-4-3-5-7-14/h3-7,16H,8-9,11H2,1-2H3/t16-/m0/s1. The number of anilines is 1. The molecule has 0 N–H and O–H groups in total. The Bertz CT molecular complexity index is 709. The second kappa shape index (κ2) is 6.12. The Labute approximate surface area is 130 Å². The molecule has 0 amide bonds. The Hall–Kier alpha value is -2.45. The topological polar surface area (TPSA) is 62.0 Å². The van der Waals surface area contributed by atoms with Gasteiger partial charge >= 0.3 is 0 Å². The van der Waals surface area contributed by atoms with Crippen LogP contribution in [0, 0.1) is 25.2 Å². The molecule has 1 fully saturated rings. The molecule has 112 valence electrons. The summed E-state index contributed by atoms with van der Waals surface area (Å²) >= 11 is 0. The molecule has 5 nitrogen and oxygen atoms in total. The molecule has 22 heavy (non-hydrogen) atoms. The predicted molar refractivity (Wildman–Crippen MR) is 83.6 cm³/mol. The Morgan fingerprint density at radius 1 is 1.23 bits per heavy atom. The fourth-order valence-electron chi connectivity index (χ4n) is 2.66. The first-order valence-electron chi connectivity index (χ1n) is 7.36. The van der Waals surface area contributed by atoms with E-state index in [0.717, 1.165) is 23.4 Å². The molecule has 0 radical (unpaired) electrons. The third-order valence-electron chi connectivity index (χ3n) is 4.09. The molecule has 1 atom stereocenters. The van der Waals surface area contributed by atoms with E-state index in [4.69, 9.17) is 4.74 Å². The SMILES string of the molecule is Cc1nnc(N2CCO[C@H](c3ccccc3)C2)c(C#N)c1C. The minimum atomic E-state index is -0.00935. The average molecular weight is 294 g/mol. The number of hydrogen-bond acceptors (Lipinski definition) is 5. The van der Waals surface area contributed by atoms with Crippen LogP contribution in [0.3, 0.4) is 0 Å². The summed E-state index contributed by atoms with van der Waals surface area (Å²) in [6.45, 7) is 5.80. The fraction of sp³-hybridized carbons (Fsp3) is 0.353. The van der Waals surface area contributed by atoms with Crippen molar-refractivity contribution < 1.29 is 4.74 Å². The first kappa shape index (κ1) is 14.5. The number of ether oxygens (including phenoxy) is 1. The van der Waals surface area contributed by atoms with Gasteiger partial charge in [-0.2, -0.15) is 10.4 Å². The molecule has 1 aromatic carbocycles. The van der Waals surface area contributed by atoms with E-state index < -0.39 is 0 Å². The van der Waals surface area contributed by atoms with Gasteiger partial charge in [0.25, 0.3) is 0 Å². The van der Waals surface area contributed by atoms with Crippen molar-refractivity contribution in [2.45, 2.75) is 20.0 Å². The van der Waals surface area contributed by atoms with E-state index >= 15 is 0 Å². The quantitative estimate of drug-likeness (QED) is 0.851. The van der Waals surface area contributed by atoms with Crippen molar-refractivity contribution in [3.05, 3.63) is 52.7 Å². The van der Waals surface area contributed by atoms with E-state index in [2.05, 4.69) is 33.3 Å². The highest BCUT2D eigenvalue weighted by Crippen LogP contribution is 2.28. The number of nitrogens with zero attached hydrogens (tertiary/aromatic N) is 4. The van der Waals surface area contributed by atoms with Gasteiger partial charge in [0, 0.05) is 13.1 Å². The van der Waals surface area contributed by atoms with Crippen LogP contribution >= 0.6 is 0 Å². The van der Waals surface area contributed by atoms with E-state index in [9.17, 15) is 5.26 Å². The lowest BCUT2D eigenvalue weighted by Crippen LogP contribution is -2.39. The maximum atomic E-state index is 9.46. The molecule has 2 aromatic rings. The van der Waals surface area contributed by atoms with Crippen LogP contribution in [0.25, 0.3) is 0 Å². The summed E-state index contributed by atoms with van der Waals surface area (Å²) in [6, 6.07) is 12.4. The Morgan fingerprint density at radius 3 is 2.73 bits per heavy atom. The molecule has 2 heterocycles. The molecular weight excluding hydrogens is 276 g/mol. The van der Waals surface area contributed by atoms with Crippen LogP contribution in [-0.2, 0) is 4.74 Å². The van der Waals surface area contributed by atoms with E-state index in [1.807, 2.05) is 32.0 Å². The van der Waals surface area contributed by atoms with Crippen LogP contribution in [0.4, 0.5) is 5.82 Å². The van der Waals surface area contributed by atoms with Crippen LogP contribution in [-0.4, -0.2) is 29.9 Å². The monoisotopic (exact) mass is 294 g/mol. The highest BCUT2D eigenvalue weighted by molar-refractivity contribution is 5.57. The van der Waals surface area contributed by atoms with E-state index in [1.165, 1.54) is 0 Å². The number of nitriles is 1. The Balaban J connectivity index is 1.90. The molecule has 0 saturated carbocycles. The number of aryl methyl sites for hydroxylation is 1. The van der Waals surface area contributed by atoms with Gasteiger partial charge in [0.05, 0.1) is 12.3 Å². The fourth-order valence-corrected chi connectivity index (χ4v) is 2.66. The predicted octanol–water partition coefficient (Wildman–Crippen LogP) is 2.54. The summed E-state index contributed by atoms with van der Waals surface area (Å²) < 4.78 is 5.87. The zero-order chi connectivity index (χ0) is 15.5. The summed E-state index contributed by atoms with van der Waals surface area (Å²) in [5.74, 6) is 0.662. The lowest BCUT2D eigenvalue weighted by molar-refractivity contribution is 0.0394. The summed E-state index contributed by atoms with van der Waals surface area (Å²) in [5, 5.41) is 17.9. The van der Waals surface area contributed by atoms with Gasteiger partial charge in [0.1, 0.15) is 17.7 Å². The van der Waals surface area contributed by atoms with Crippen molar-refractivity contribution >= 4 is 5.82 Å². The normalized spacial score (nSPS) is 18.0. The second-order valence-corrected chi connectivity index (χ2v) is 5.44. The summed E-state index contributed by atoms with van der Waals surface area (Å²) in [5.41, 5.74) is 3.45. The van der Waals surface area contributed by atoms with Crippen molar-refractivity contribution in [2.24, 2.45) is 0 Å².